The Hall–Kier alpha value is -2.01. The summed E-state index contributed by atoms with van der Waals surface area (Å²) >= 11 is 0. The maximum atomic E-state index is 10.8. The number of nitrogens with one attached hydrogen (secondary N) is 3. The van der Waals surface area contributed by atoms with Crippen molar-refractivity contribution in [2.45, 2.75) is 6.04 Å². The highest BCUT2D eigenvalue weighted by molar-refractivity contribution is 5.92. The van der Waals surface area contributed by atoms with Gasteiger partial charge in [0.25, 0.3) is 0 Å². The van der Waals surface area contributed by atoms with Crippen LogP contribution in [0, 0.1) is 0 Å². The van der Waals surface area contributed by atoms with Crippen molar-refractivity contribution < 1.29 is 9.90 Å². The number of carboxylic acids is 1. The second-order valence-corrected chi connectivity index (χ2v) is 3.81. The maximum Gasteiger partial charge on any atom is 0.322 e. The van der Waals surface area contributed by atoms with E-state index in [0.29, 0.717) is 6.54 Å². The second-order valence-electron chi connectivity index (χ2n) is 3.81. The Balaban J connectivity index is 2.11. The highest BCUT2D eigenvalue weighted by atomic mass is 16.4. The van der Waals surface area contributed by atoms with Crippen molar-refractivity contribution >= 4 is 22.6 Å². The van der Waals surface area contributed by atoms with E-state index < -0.39 is 12.0 Å². The Bertz CT molecular complexity index is 521. The number of fused-ring (bicyclic) bond motifs is 1. The number of para-hydroxylation sites is 1. The van der Waals surface area contributed by atoms with Crippen LogP contribution in [0.4, 0.5) is 5.69 Å². The molecular formula is C12H15N3O2. The fourth-order valence-electron chi connectivity index (χ4n) is 1.74. The molecule has 5 nitrogen and oxygen atoms in total. The van der Waals surface area contributed by atoms with Crippen LogP contribution < -0.4 is 10.6 Å². The molecule has 1 unspecified atom stereocenters. The van der Waals surface area contributed by atoms with Gasteiger partial charge < -0.3 is 20.7 Å². The van der Waals surface area contributed by atoms with Gasteiger partial charge in [-0.2, -0.15) is 0 Å². The summed E-state index contributed by atoms with van der Waals surface area (Å²) in [4.78, 5) is 14.0. The third-order valence-corrected chi connectivity index (χ3v) is 2.73. The molecule has 0 fully saturated rings. The van der Waals surface area contributed by atoms with Crippen LogP contribution in [0.25, 0.3) is 10.9 Å². The predicted octanol–water partition coefficient (Wildman–Crippen LogP) is 1.25. The fourth-order valence-corrected chi connectivity index (χ4v) is 1.74. The highest BCUT2D eigenvalue weighted by Gasteiger charge is 2.14. The van der Waals surface area contributed by atoms with Gasteiger partial charge in [-0.1, -0.05) is 18.2 Å². The standard InChI is InChI=1S/C12H15N3O2/c1-13-11(12(16)17)7-15-10-6-14-9-5-3-2-4-8(9)10/h2-6,11,13-15H,7H2,1H3,(H,16,17). The summed E-state index contributed by atoms with van der Waals surface area (Å²) in [5.41, 5.74) is 1.95. The third-order valence-electron chi connectivity index (χ3n) is 2.73. The van der Waals surface area contributed by atoms with E-state index in [9.17, 15) is 4.79 Å². The van der Waals surface area contributed by atoms with Crippen molar-refractivity contribution in [1.82, 2.24) is 10.3 Å². The lowest BCUT2D eigenvalue weighted by atomic mass is 10.2. The molecule has 1 aromatic carbocycles. The second kappa shape index (κ2) is 4.88. The maximum absolute atomic E-state index is 10.8. The minimum Gasteiger partial charge on any atom is -0.480 e. The Morgan fingerprint density at radius 1 is 1.47 bits per heavy atom. The van der Waals surface area contributed by atoms with Gasteiger partial charge in [0.1, 0.15) is 6.04 Å². The molecule has 0 aliphatic heterocycles. The molecule has 0 radical (unpaired) electrons. The van der Waals surface area contributed by atoms with E-state index in [0.717, 1.165) is 16.6 Å². The molecule has 0 aliphatic rings. The molecule has 17 heavy (non-hydrogen) atoms. The minimum absolute atomic E-state index is 0.341. The molecule has 90 valence electrons. The Kier molecular flexibility index (Phi) is 3.30. The third kappa shape index (κ3) is 2.39. The van der Waals surface area contributed by atoms with Crippen LogP contribution in [0.1, 0.15) is 0 Å². The lowest BCUT2D eigenvalue weighted by Crippen LogP contribution is -2.39. The lowest BCUT2D eigenvalue weighted by Gasteiger charge is -2.12. The average Bonchev–Trinajstić information content (AvgIpc) is 2.73. The normalized spacial score (nSPS) is 12.5. The number of benzene rings is 1. The molecule has 1 heterocycles. The zero-order valence-electron chi connectivity index (χ0n) is 9.53. The molecule has 5 heteroatoms. The molecular weight excluding hydrogens is 218 g/mol. The Labute approximate surface area is 98.8 Å². The molecule has 1 atom stereocenters. The van der Waals surface area contributed by atoms with E-state index >= 15 is 0 Å². The Morgan fingerprint density at radius 3 is 2.94 bits per heavy atom. The number of carbonyl (C=O) groups is 1. The number of aromatic nitrogens is 1. The molecule has 0 saturated heterocycles. The first-order valence-electron chi connectivity index (χ1n) is 5.42. The topological polar surface area (TPSA) is 77.1 Å². The van der Waals surface area contributed by atoms with Gasteiger partial charge in [0, 0.05) is 23.6 Å². The van der Waals surface area contributed by atoms with Crippen LogP contribution in [0.3, 0.4) is 0 Å². The molecule has 0 bridgehead atoms. The molecule has 0 amide bonds. The van der Waals surface area contributed by atoms with Gasteiger partial charge >= 0.3 is 5.97 Å². The van der Waals surface area contributed by atoms with E-state index in [-0.39, 0.29) is 0 Å². The molecule has 1 aromatic heterocycles. The summed E-state index contributed by atoms with van der Waals surface area (Å²) in [7, 11) is 1.63. The molecule has 2 rings (SSSR count). The first-order valence-corrected chi connectivity index (χ1v) is 5.42. The zero-order chi connectivity index (χ0) is 12.3. The van der Waals surface area contributed by atoms with Gasteiger partial charge in [-0.15, -0.1) is 0 Å². The van der Waals surface area contributed by atoms with Gasteiger partial charge in [-0.3, -0.25) is 4.79 Å². The van der Waals surface area contributed by atoms with Gasteiger partial charge in [0.05, 0.1) is 5.69 Å². The van der Waals surface area contributed by atoms with Crippen LogP contribution in [0.2, 0.25) is 0 Å². The smallest absolute Gasteiger partial charge is 0.322 e. The average molecular weight is 233 g/mol. The van der Waals surface area contributed by atoms with E-state index in [1.165, 1.54) is 0 Å². The summed E-state index contributed by atoms with van der Waals surface area (Å²) < 4.78 is 0. The van der Waals surface area contributed by atoms with Crippen molar-refractivity contribution in [3.05, 3.63) is 30.5 Å². The number of aromatic amines is 1. The van der Waals surface area contributed by atoms with Crippen molar-refractivity contribution in [3.8, 4) is 0 Å². The quantitative estimate of drug-likeness (QED) is 0.627. The van der Waals surface area contributed by atoms with Gasteiger partial charge in [-0.25, -0.2) is 0 Å². The van der Waals surface area contributed by atoms with Crippen LogP contribution in [-0.4, -0.2) is 35.7 Å². The summed E-state index contributed by atoms with van der Waals surface area (Å²) in [6.45, 7) is 0.341. The predicted molar refractivity (Wildman–Crippen MR) is 67.3 cm³/mol. The number of aliphatic carboxylic acids is 1. The van der Waals surface area contributed by atoms with Gasteiger partial charge in [0.15, 0.2) is 0 Å². The Morgan fingerprint density at radius 2 is 2.24 bits per heavy atom. The number of hydrogen-bond donors (Lipinski definition) is 4. The van der Waals surface area contributed by atoms with E-state index in [4.69, 9.17) is 5.11 Å². The van der Waals surface area contributed by atoms with Gasteiger partial charge in [-0.05, 0) is 13.1 Å². The monoisotopic (exact) mass is 233 g/mol. The first-order chi connectivity index (χ1) is 8.22. The van der Waals surface area contributed by atoms with Crippen LogP contribution >= 0.6 is 0 Å². The highest BCUT2D eigenvalue weighted by Crippen LogP contribution is 2.22. The number of likely N-dealkylation sites (N-methyl/N-ethyl adjacent to an activating group) is 1. The minimum atomic E-state index is -0.861. The molecule has 4 N–H and O–H groups in total. The van der Waals surface area contributed by atoms with Crippen molar-refractivity contribution in [2.75, 3.05) is 18.9 Å². The van der Waals surface area contributed by atoms with E-state index in [2.05, 4.69) is 15.6 Å². The van der Waals surface area contributed by atoms with Crippen molar-refractivity contribution in [2.24, 2.45) is 0 Å². The van der Waals surface area contributed by atoms with E-state index in [1.807, 2.05) is 30.5 Å². The summed E-state index contributed by atoms with van der Waals surface area (Å²) in [6, 6.07) is 7.28. The first kappa shape index (κ1) is 11.5. The summed E-state index contributed by atoms with van der Waals surface area (Å²) in [5, 5.41) is 15.8. The molecule has 0 aliphatic carbocycles. The SMILES string of the molecule is CNC(CNc1c[nH]c2ccccc12)C(=O)O. The molecule has 2 aromatic rings. The number of anilines is 1. The number of carboxylic acid groups (broad SMARTS) is 1. The summed E-state index contributed by atoms with van der Waals surface area (Å²) in [6.07, 6.45) is 1.85. The number of H-pyrrole nitrogens is 1. The van der Waals surface area contributed by atoms with Crippen molar-refractivity contribution in [1.29, 1.82) is 0 Å². The van der Waals surface area contributed by atoms with Crippen LogP contribution in [-0.2, 0) is 4.79 Å². The van der Waals surface area contributed by atoms with Crippen LogP contribution in [0.5, 0.6) is 0 Å². The van der Waals surface area contributed by atoms with Gasteiger partial charge in [0.2, 0.25) is 0 Å². The molecule has 0 saturated carbocycles. The number of hydrogen-bond acceptors (Lipinski definition) is 3. The lowest BCUT2D eigenvalue weighted by molar-refractivity contribution is -0.138. The number of rotatable bonds is 5. The van der Waals surface area contributed by atoms with Crippen molar-refractivity contribution in [3.63, 3.8) is 0 Å². The largest absolute Gasteiger partial charge is 0.480 e. The van der Waals surface area contributed by atoms with E-state index in [1.54, 1.807) is 7.05 Å². The molecule has 0 spiro atoms. The zero-order valence-corrected chi connectivity index (χ0v) is 9.53. The van der Waals surface area contributed by atoms with Crippen LogP contribution in [0.15, 0.2) is 30.5 Å². The summed E-state index contributed by atoms with van der Waals surface area (Å²) in [5.74, 6) is -0.861. The fraction of sp³-hybridized carbons (Fsp3) is 0.250.